The number of hydrogen-bond donors (Lipinski definition) is 2. The van der Waals surface area contributed by atoms with E-state index < -0.39 is 11.9 Å². The summed E-state index contributed by atoms with van der Waals surface area (Å²) in [6, 6.07) is 20.3. The zero-order valence-electron chi connectivity index (χ0n) is 24.0. The van der Waals surface area contributed by atoms with Gasteiger partial charge < -0.3 is 23.9 Å². The number of furan rings is 1. The first kappa shape index (κ1) is 28.2. The molecule has 9 heteroatoms. The average molecular weight is 595 g/mol. The number of carbonyl (C=O) groups is 2. The van der Waals surface area contributed by atoms with E-state index in [2.05, 4.69) is 32.2 Å². The standard InChI is InChI=1S/C34H30N2O6S/c1-34(2,3)30-19-43-32(35-30)29-13-23-11-20(7-10-28(23)42-29)16-36-17-24(14-31(37)38)26-15-25(8-9-27(26)36)41-18-21-5-4-6-22(12-21)33(39)40/h4-13,15,17,19H,14,16,18H2,1-3H3,(H,37,38)(H,39,40). The number of aromatic nitrogens is 2. The third-order valence-corrected chi connectivity index (χ3v) is 8.13. The quantitative estimate of drug-likeness (QED) is 0.176. The van der Waals surface area contributed by atoms with E-state index >= 15 is 0 Å². The number of aromatic carboxylic acids is 1. The molecule has 3 aromatic heterocycles. The molecule has 0 saturated heterocycles. The zero-order valence-corrected chi connectivity index (χ0v) is 24.8. The van der Waals surface area contributed by atoms with Gasteiger partial charge in [-0.05, 0) is 65.2 Å². The van der Waals surface area contributed by atoms with Gasteiger partial charge in [0.1, 0.15) is 17.9 Å². The maximum Gasteiger partial charge on any atom is 0.335 e. The molecule has 0 amide bonds. The predicted molar refractivity (Wildman–Crippen MR) is 166 cm³/mol. The number of rotatable bonds is 9. The van der Waals surface area contributed by atoms with Crippen LogP contribution in [0.1, 0.15) is 53.5 Å². The van der Waals surface area contributed by atoms with Crippen molar-refractivity contribution in [1.29, 1.82) is 0 Å². The number of benzene rings is 3. The van der Waals surface area contributed by atoms with Gasteiger partial charge in [0, 0.05) is 39.8 Å². The lowest BCUT2D eigenvalue weighted by molar-refractivity contribution is -0.136. The molecule has 3 aromatic carbocycles. The number of ether oxygens (including phenoxy) is 1. The lowest BCUT2D eigenvalue weighted by Gasteiger charge is -2.13. The van der Waals surface area contributed by atoms with Gasteiger partial charge in [0.15, 0.2) is 10.8 Å². The maximum atomic E-state index is 11.7. The Hall–Kier alpha value is -4.89. The highest BCUT2D eigenvalue weighted by atomic mass is 32.1. The average Bonchev–Trinajstić information content (AvgIpc) is 3.69. The Morgan fingerprint density at radius 1 is 1.00 bits per heavy atom. The van der Waals surface area contributed by atoms with Crippen molar-refractivity contribution in [3.05, 3.63) is 106 Å². The molecule has 0 aliphatic carbocycles. The third-order valence-electron chi connectivity index (χ3n) is 7.27. The van der Waals surface area contributed by atoms with E-state index in [1.807, 2.05) is 47.2 Å². The van der Waals surface area contributed by atoms with E-state index in [0.717, 1.165) is 49.5 Å². The molecule has 3 heterocycles. The Kier molecular flexibility index (Phi) is 7.27. The number of fused-ring (bicyclic) bond motifs is 2. The Bertz CT molecular complexity index is 1990. The van der Waals surface area contributed by atoms with E-state index in [0.29, 0.717) is 17.9 Å². The van der Waals surface area contributed by atoms with Crippen molar-refractivity contribution < 1.29 is 29.0 Å². The summed E-state index contributed by atoms with van der Waals surface area (Å²) in [6.45, 7) is 7.15. The lowest BCUT2D eigenvalue weighted by atomic mass is 9.93. The summed E-state index contributed by atoms with van der Waals surface area (Å²) in [6.07, 6.45) is 1.76. The zero-order chi connectivity index (χ0) is 30.3. The summed E-state index contributed by atoms with van der Waals surface area (Å²) >= 11 is 1.57. The lowest BCUT2D eigenvalue weighted by Crippen LogP contribution is -2.11. The number of carboxylic acids is 2. The molecule has 6 aromatic rings. The molecule has 0 aliphatic rings. The minimum Gasteiger partial charge on any atom is -0.489 e. The molecule has 0 saturated carbocycles. The monoisotopic (exact) mass is 594 g/mol. The summed E-state index contributed by atoms with van der Waals surface area (Å²) in [4.78, 5) is 27.8. The fourth-order valence-electron chi connectivity index (χ4n) is 5.06. The van der Waals surface area contributed by atoms with E-state index in [1.165, 1.54) is 6.07 Å². The molecule has 0 unspecified atom stereocenters. The summed E-state index contributed by atoms with van der Waals surface area (Å²) < 4.78 is 14.1. The Labute approximate surface area is 251 Å². The predicted octanol–water partition coefficient (Wildman–Crippen LogP) is 7.76. The molecule has 0 bridgehead atoms. The topological polar surface area (TPSA) is 115 Å². The molecule has 0 spiro atoms. The van der Waals surface area contributed by atoms with Crippen LogP contribution in [0.3, 0.4) is 0 Å². The van der Waals surface area contributed by atoms with Crippen LogP contribution in [-0.4, -0.2) is 31.7 Å². The van der Waals surface area contributed by atoms with Gasteiger partial charge >= 0.3 is 11.9 Å². The maximum absolute atomic E-state index is 11.7. The first-order chi connectivity index (χ1) is 20.5. The van der Waals surface area contributed by atoms with Gasteiger partial charge in [-0.1, -0.05) is 39.0 Å². The van der Waals surface area contributed by atoms with Gasteiger partial charge in [-0.3, -0.25) is 4.79 Å². The van der Waals surface area contributed by atoms with Gasteiger partial charge in [-0.25, -0.2) is 9.78 Å². The van der Waals surface area contributed by atoms with Gasteiger partial charge in [0.05, 0.1) is 17.7 Å². The number of carboxylic acid groups (broad SMARTS) is 2. The molecule has 0 radical (unpaired) electrons. The molecule has 2 N–H and O–H groups in total. The van der Waals surface area contributed by atoms with E-state index in [4.69, 9.17) is 14.1 Å². The molecule has 8 nitrogen and oxygen atoms in total. The van der Waals surface area contributed by atoms with Gasteiger partial charge in [-0.2, -0.15) is 0 Å². The molecular weight excluding hydrogens is 564 g/mol. The first-order valence-corrected chi connectivity index (χ1v) is 14.7. The normalized spacial score (nSPS) is 11.8. The van der Waals surface area contributed by atoms with Crippen LogP contribution in [0.5, 0.6) is 5.75 Å². The molecule has 218 valence electrons. The van der Waals surface area contributed by atoms with Crippen LogP contribution >= 0.6 is 11.3 Å². The van der Waals surface area contributed by atoms with Crippen LogP contribution in [0.2, 0.25) is 0 Å². The highest BCUT2D eigenvalue weighted by Gasteiger charge is 2.20. The fourth-order valence-corrected chi connectivity index (χ4v) is 6.06. The number of hydrogen-bond acceptors (Lipinski definition) is 6. The van der Waals surface area contributed by atoms with Gasteiger partial charge in [0.2, 0.25) is 0 Å². The number of nitrogens with zero attached hydrogens (tertiary/aromatic N) is 2. The minimum atomic E-state index is -0.996. The van der Waals surface area contributed by atoms with Crippen molar-refractivity contribution in [1.82, 2.24) is 9.55 Å². The Morgan fingerprint density at radius 3 is 2.58 bits per heavy atom. The molecular formula is C34H30N2O6S. The van der Waals surface area contributed by atoms with Gasteiger partial charge in [0.25, 0.3) is 0 Å². The van der Waals surface area contributed by atoms with Crippen LogP contribution in [0.15, 0.2) is 82.7 Å². The van der Waals surface area contributed by atoms with Crippen LogP contribution in [-0.2, 0) is 29.8 Å². The fraction of sp³-hybridized carbons (Fsp3) is 0.206. The van der Waals surface area contributed by atoms with Crippen molar-refractivity contribution in [3.63, 3.8) is 0 Å². The second-order valence-corrected chi connectivity index (χ2v) is 12.5. The Morgan fingerprint density at radius 2 is 1.84 bits per heavy atom. The second kappa shape index (κ2) is 11.1. The third kappa shape index (κ3) is 6.03. The summed E-state index contributed by atoms with van der Waals surface area (Å²) in [5.41, 5.74) is 5.33. The van der Waals surface area contributed by atoms with Crippen molar-refractivity contribution >= 4 is 45.1 Å². The number of thiazole rings is 1. The largest absolute Gasteiger partial charge is 0.489 e. The highest BCUT2D eigenvalue weighted by molar-refractivity contribution is 7.13. The van der Waals surface area contributed by atoms with Crippen LogP contribution in [0, 0.1) is 0 Å². The van der Waals surface area contributed by atoms with Crippen molar-refractivity contribution in [2.75, 3.05) is 0 Å². The van der Waals surface area contributed by atoms with Gasteiger partial charge in [-0.15, -0.1) is 11.3 Å². The van der Waals surface area contributed by atoms with Crippen molar-refractivity contribution in [2.45, 2.75) is 45.8 Å². The van der Waals surface area contributed by atoms with E-state index in [1.54, 1.807) is 29.5 Å². The van der Waals surface area contributed by atoms with Crippen molar-refractivity contribution in [2.24, 2.45) is 0 Å². The summed E-state index contributed by atoms with van der Waals surface area (Å²) in [5.74, 6) is -0.601. The summed E-state index contributed by atoms with van der Waals surface area (Å²) in [5, 5.41) is 23.5. The molecule has 0 fully saturated rings. The molecule has 0 atom stereocenters. The Balaban J connectivity index is 1.26. The first-order valence-electron chi connectivity index (χ1n) is 13.8. The van der Waals surface area contributed by atoms with Crippen LogP contribution < -0.4 is 4.74 Å². The van der Waals surface area contributed by atoms with E-state index in [9.17, 15) is 19.8 Å². The van der Waals surface area contributed by atoms with Crippen LogP contribution in [0.4, 0.5) is 0 Å². The SMILES string of the molecule is CC(C)(C)c1csc(-c2cc3cc(Cn4cc(CC(=O)O)c5cc(OCc6cccc(C(=O)O)c6)ccc54)ccc3o2)n1. The molecule has 43 heavy (non-hydrogen) atoms. The van der Waals surface area contributed by atoms with Crippen LogP contribution in [0.25, 0.3) is 32.6 Å². The second-order valence-electron chi connectivity index (χ2n) is 11.6. The summed E-state index contributed by atoms with van der Waals surface area (Å²) in [7, 11) is 0. The smallest absolute Gasteiger partial charge is 0.335 e. The molecule has 0 aliphatic heterocycles. The number of aliphatic carboxylic acids is 1. The molecule has 6 rings (SSSR count). The van der Waals surface area contributed by atoms with E-state index in [-0.39, 0.29) is 24.0 Å². The highest BCUT2D eigenvalue weighted by Crippen LogP contribution is 2.34. The minimum absolute atomic E-state index is 0.0340. The van der Waals surface area contributed by atoms with Crippen molar-refractivity contribution in [3.8, 4) is 16.5 Å².